The van der Waals surface area contributed by atoms with Gasteiger partial charge in [-0.1, -0.05) is 17.6 Å². The fourth-order valence-corrected chi connectivity index (χ4v) is 3.55. The second-order valence-electron chi connectivity index (χ2n) is 6.95. The van der Waals surface area contributed by atoms with Gasteiger partial charge in [-0.2, -0.15) is 0 Å². The molecule has 1 aliphatic heterocycles. The molecule has 1 aliphatic carbocycles. The Morgan fingerprint density at radius 2 is 2.19 bits per heavy atom. The Kier molecular flexibility index (Phi) is 4.18. The molecule has 3 N–H and O–H groups in total. The smallest absolute Gasteiger partial charge is 0.254 e. The number of rotatable bonds is 4. The van der Waals surface area contributed by atoms with E-state index in [1.165, 1.54) is 18.5 Å². The fourth-order valence-electron chi connectivity index (χ4n) is 3.55. The SMILES string of the molecule is [B]c1ccc2c(c1)C1(CC1)CN(CC(=O)Nc1ccnc(/C=C\N)n1)C2=O. The molecule has 2 aromatic rings. The van der Waals surface area contributed by atoms with Crippen molar-refractivity contribution >= 4 is 37.0 Å². The Balaban J connectivity index is 1.50. The van der Waals surface area contributed by atoms with E-state index in [-0.39, 0.29) is 23.8 Å². The van der Waals surface area contributed by atoms with Crippen LogP contribution in [0, 0.1) is 0 Å². The molecule has 7 nitrogen and oxygen atoms in total. The van der Waals surface area contributed by atoms with Crippen molar-refractivity contribution in [3.63, 3.8) is 0 Å². The van der Waals surface area contributed by atoms with E-state index >= 15 is 0 Å². The number of hydrogen-bond donors (Lipinski definition) is 2. The summed E-state index contributed by atoms with van der Waals surface area (Å²) in [5.41, 5.74) is 7.57. The van der Waals surface area contributed by atoms with Gasteiger partial charge in [0.1, 0.15) is 20.2 Å². The molecule has 8 heteroatoms. The van der Waals surface area contributed by atoms with Crippen LogP contribution in [0.25, 0.3) is 6.08 Å². The summed E-state index contributed by atoms with van der Waals surface area (Å²) in [7, 11) is 5.90. The molecule has 2 amide bonds. The summed E-state index contributed by atoms with van der Waals surface area (Å²) >= 11 is 0. The Morgan fingerprint density at radius 3 is 2.93 bits per heavy atom. The molecule has 1 saturated carbocycles. The number of carbonyl (C=O) groups excluding carboxylic acids is 2. The molecule has 134 valence electrons. The average Bonchev–Trinajstić information content (AvgIpc) is 3.40. The molecule has 1 aromatic heterocycles. The van der Waals surface area contributed by atoms with Gasteiger partial charge in [0, 0.05) is 23.7 Å². The van der Waals surface area contributed by atoms with Crippen LogP contribution < -0.4 is 16.5 Å². The summed E-state index contributed by atoms with van der Waals surface area (Å²) in [5.74, 6) is 0.307. The Labute approximate surface area is 158 Å². The molecule has 2 heterocycles. The van der Waals surface area contributed by atoms with Gasteiger partial charge in [0.2, 0.25) is 5.91 Å². The second kappa shape index (κ2) is 6.53. The zero-order chi connectivity index (χ0) is 19.0. The van der Waals surface area contributed by atoms with Crippen molar-refractivity contribution in [2.45, 2.75) is 18.3 Å². The van der Waals surface area contributed by atoms with E-state index in [0.29, 0.717) is 29.2 Å². The van der Waals surface area contributed by atoms with Crippen molar-refractivity contribution in [3.05, 3.63) is 53.6 Å². The lowest BCUT2D eigenvalue weighted by Gasteiger charge is -2.34. The van der Waals surface area contributed by atoms with Crippen molar-refractivity contribution in [2.75, 3.05) is 18.4 Å². The van der Waals surface area contributed by atoms with E-state index in [1.54, 1.807) is 23.1 Å². The van der Waals surface area contributed by atoms with Gasteiger partial charge in [-0.3, -0.25) is 9.59 Å². The van der Waals surface area contributed by atoms with Crippen LogP contribution in [0.4, 0.5) is 5.82 Å². The number of amides is 2. The summed E-state index contributed by atoms with van der Waals surface area (Å²) in [4.78, 5) is 35.1. The van der Waals surface area contributed by atoms with Gasteiger partial charge in [0.15, 0.2) is 5.82 Å². The number of benzene rings is 1. The standard InChI is InChI=1S/C19H18BN5O2/c20-12-1-2-13-14(9-12)19(5-6-19)11-25(18(13)27)10-17(26)24-16-4-8-22-15(23-16)3-7-21/h1-4,7-9H,5-6,10-11,21H2,(H,22,23,24,26)/b7-3-. The van der Waals surface area contributed by atoms with Crippen molar-refractivity contribution < 1.29 is 9.59 Å². The zero-order valence-corrected chi connectivity index (χ0v) is 14.7. The van der Waals surface area contributed by atoms with Gasteiger partial charge in [-0.25, -0.2) is 9.97 Å². The Bertz CT molecular complexity index is 955. The first kappa shape index (κ1) is 17.3. The quantitative estimate of drug-likeness (QED) is 0.766. The third-order valence-corrected chi connectivity index (χ3v) is 5.00. The lowest BCUT2D eigenvalue weighted by molar-refractivity contribution is -0.117. The number of carbonyl (C=O) groups is 2. The summed E-state index contributed by atoms with van der Waals surface area (Å²) < 4.78 is 0. The minimum Gasteiger partial charge on any atom is -0.404 e. The van der Waals surface area contributed by atoms with Crippen molar-refractivity contribution in [2.24, 2.45) is 5.73 Å². The summed E-state index contributed by atoms with van der Waals surface area (Å²) in [5, 5.41) is 2.71. The molecule has 1 fully saturated rings. The van der Waals surface area contributed by atoms with Crippen LogP contribution in [0.2, 0.25) is 0 Å². The number of aromatic nitrogens is 2. The van der Waals surface area contributed by atoms with E-state index in [4.69, 9.17) is 13.6 Å². The molecule has 2 radical (unpaired) electrons. The summed E-state index contributed by atoms with van der Waals surface area (Å²) in [6.45, 7) is 0.497. The van der Waals surface area contributed by atoms with Gasteiger partial charge in [-0.15, -0.1) is 0 Å². The Hall–Kier alpha value is -3.16. The highest BCUT2D eigenvalue weighted by molar-refractivity contribution is 6.32. The highest BCUT2D eigenvalue weighted by Crippen LogP contribution is 2.51. The maximum absolute atomic E-state index is 12.8. The van der Waals surface area contributed by atoms with Crippen molar-refractivity contribution in [3.8, 4) is 0 Å². The number of hydrogen-bond acceptors (Lipinski definition) is 5. The summed E-state index contributed by atoms with van der Waals surface area (Å²) in [6.07, 6.45) is 6.38. The predicted molar refractivity (Wildman–Crippen MR) is 103 cm³/mol. The minimum absolute atomic E-state index is 0.0313. The number of anilines is 1. The van der Waals surface area contributed by atoms with E-state index in [0.717, 1.165) is 18.4 Å². The third-order valence-electron chi connectivity index (χ3n) is 5.00. The molecular formula is C19H18BN5O2. The normalized spacial score (nSPS) is 17.2. The van der Waals surface area contributed by atoms with Crippen LogP contribution in [0.5, 0.6) is 0 Å². The Morgan fingerprint density at radius 1 is 1.37 bits per heavy atom. The minimum atomic E-state index is -0.306. The molecule has 0 unspecified atom stereocenters. The molecule has 4 rings (SSSR count). The highest BCUT2D eigenvalue weighted by atomic mass is 16.2. The molecular weight excluding hydrogens is 341 g/mol. The van der Waals surface area contributed by atoms with Crippen LogP contribution in [-0.2, 0) is 10.2 Å². The average molecular weight is 359 g/mol. The lowest BCUT2D eigenvalue weighted by atomic mass is 9.82. The molecule has 0 atom stereocenters. The first-order chi connectivity index (χ1) is 13.0. The predicted octanol–water partition coefficient (Wildman–Crippen LogP) is 0.326. The molecule has 2 aliphatic rings. The van der Waals surface area contributed by atoms with Crippen LogP contribution >= 0.6 is 0 Å². The zero-order valence-electron chi connectivity index (χ0n) is 14.7. The first-order valence-electron chi connectivity index (χ1n) is 8.71. The van der Waals surface area contributed by atoms with Gasteiger partial charge < -0.3 is 16.0 Å². The van der Waals surface area contributed by atoms with E-state index in [9.17, 15) is 9.59 Å². The number of nitrogens with two attached hydrogens (primary N) is 1. The molecule has 0 bridgehead atoms. The first-order valence-corrected chi connectivity index (χ1v) is 8.71. The van der Waals surface area contributed by atoms with Gasteiger partial charge in [-0.05, 0) is 42.8 Å². The lowest BCUT2D eigenvalue weighted by Crippen LogP contribution is -2.47. The molecule has 1 spiro atoms. The molecule has 1 aromatic carbocycles. The number of fused-ring (bicyclic) bond motifs is 2. The third kappa shape index (κ3) is 3.30. The topological polar surface area (TPSA) is 101 Å². The monoisotopic (exact) mass is 359 g/mol. The second-order valence-corrected chi connectivity index (χ2v) is 6.95. The van der Waals surface area contributed by atoms with Crippen molar-refractivity contribution in [1.82, 2.24) is 14.9 Å². The highest BCUT2D eigenvalue weighted by Gasteiger charge is 2.51. The van der Waals surface area contributed by atoms with Crippen molar-refractivity contribution in [1.29, 1.82) is 0 Å². The number of nitrogens with one attached hydrogen (secondary N) is 1. The maximum Gasteiger partial charge on any atom is 0.254 e. The van der Waals surface area contributed by atoms with E-state index < -0.39 is 0 Å². The van der Waals surface area contributed by atoms with Gasteiger partial charge >= 0.3 is 0 Å². The fraction of sp³-hybridized carbons (Fsp3) is 0.263. The number of nitrogens with zero attached hydrogens (tertiary/aromatic N) is 3. The molecule has 27 heavy (non-hydrogen) atoms. The van der Waals surface area contributed by atoms with E-state index in [1.807, 2.05) is 6.07 Å². The van der Waals surface area contributed by atoms with Crippen LogP contribution in [0.3, 0.4) is 0 Å². The summed E-state index contributed by atoms with van der Waals surface area (Å²) in [6, 6.07) is 6.96. The van der Waals surface area contributed by atoms with Crippen LogP contribution in [0.1, 0.15) is 34.6 Å². The largest absolute Gasteiger partial charge is 0.404 e. The van der Waals surface area contributed by atoms with Crippen LogP contribution in [0.15, 0.2) is 36.7 Å². The molecule has 0 saturated heterocycles. The van der Waals surface area contributed by atoms with E-state index in [2.05, 4.69) is 15.3 Å². The van der Waals surface area contributed by atoms with Crippen LogP contribution in [-0.4, -0.2) is 47.6 Å². The van der Waals surface area contributed by atoms with Gasteiger partial charge in [0.05, 0.1) is 0 Å². The van der Waals surface area contributed by atoms with Gasteiger partial charge in [0.25, 0.3) is 5.91 Å². The maximum atomic E-state index is 12.8.